The number of piperidine rings is 1. The number of nitrogens with zero attached hydrogens (tertiary/aromatic N) is 1. The van der Waals surface area contributed by atoms with E-state index in [1.807, 2.05) is 0 Å². The molecule has 1 aromatic heterocycles. The number of halogens is 4. The Bertz CT molecular complexity index is 1520. The Hall–Kier alpha value is -4.34. The average Bonchev–Trinajstić information content (AvgIpc) is 3.30. The molecule has 0 bridgehead atoms. The van der Waals surface area contributed by atoms with Gasteiger partial charge < -0.3 is 19.7 Å². The highest BCUT2D eigenvalue weighted by molar-refractivity contribution is 5.98. The molecule has 2 N–H and O–H groups in total. The molecule has 6 nitrogen and oxygen atoms in total. The van der Waals surface area contributed by atoms with Crippen LogP contribution in [0, 0.1) is 11.6 Å². The summed E-state index contributed by atoms with van der Waals surface area (Å²) in [4.78, 5) is 25.1. The molecule has 0 unspecified atom stereocenters. The number of carbonyl (C=O) groups excluding carboxylic acids is 1. The van der Waals surface area contributed by atoms with Gasteiger partial charge in [0.05, 0.1) is 6.54 Å². The zero-order valence-electron chi connectivity index (χ0n) is 19.9. The third kappa shape index (κ3) is 5.20. The molecule has 5 rings (SSSR count). The van der Waals surface area contributed by atoms with Gasteiger partial charge >= 0.3 is 6.09 Å². The van der Waals surface area contributed by atoms with Crippen molar-refractivity contribution in [3.05, 3.63) is 83.6 Å². The predicted octanol–water partition coefficient (Wildman–Crippen LogP) is 6.68. The maximum atomic E-state index is 14.8. The van der Waals surface area contributed by atoms with Crippen LogP contribution in [0.2, 0.25) is 0 Å². The molecule has 0 radical (unpaired) electrons. The van der Waals surface area contributed by atoms with Crippen LogP contribution in [0.4, 0.5) is 22.4 Å². The minimum Gasteiger partial charge on any atom is -0.465 e. The quantitative estimate of drug-likeness (QED) is 0.284. The van der Waals surface area contributed by atoms with Crippen molar-refractivity contribution >= 4 is 23.0 Å². The van der Waals surface area contributed by atoms with Crippen molar-refractivity contribution in [1.82, 2.24) is 10.2 Å². The largest absolute Gasteiger partial charge is 0.465 e. The molecule has 4 aromatic rings. The Morgan fingerprint density at radius 2 is 1.63 bits per heavy atom. The summed E-state index contributed by atoms with van der Waals surface area (Å²) in [5, 5.41) is 11.7. The first-order chi connectivity index (χ1) is 18.1. The normalized spacial score (nSPS) is 15.0. The van der Waals surface area contributed by atoms with Gasteiger partial charge in [0.1, 0.15) is 23.0 Å². The highest BCUT2D eigenvalue weighted by Crippen LogP contribution is 2.37. The number of benzene rings is 3. The lowest BCUT2D eigenvalue weighted by Gasteiger charge is -2.31. The number of rotatable bonds is 5. The third-order valence-electron chi connectivity index (χ3n) is 6.55. The van der Waals surface area contributed by atoms with E-state index in [9.17, 15) is 27.2 Å². The van der Waals surface area contributed by atoms with Gasteiger partial charge in [-0.1, -0.05) is 12.1 Å². The first kappa shape index (κ1) is 25.3. The lowest BCUT2D eigenvalue weighted by molar-refractivity contribution is -0.0494. The van der Waals surface area contributed by atoms with Crippen molar-refractivity contribution in [3.63, 3.8) is 0 Å². The number of carbonyl (C=O) groups is 2. The Kier molecular flexibility index (Phi) is 6.56. The number of hydrogen-bond donors (Lipinski definition) is 2. The fourth-order valence-corrected chi connectivity index (χ4v) is 4.56. The van der Waals surface area contributed by atoms with Crippen molar-refractivity contribution in [2.75, 3.05) is 13.1 Å². The van der Waals surface area contributed by atoms with Crippen LogP contribution in [-0.2, 0) is 6.54 Å². The maximum Gasteiger partial charge on any atom is 0.405 e. The van der Waals surface area contributed by atoms with E-state index in [2.05, 4.69) is 5.32 Å². The Morgan fingerprint density at radius 3 is 2.29 bits per heavy atom. The van der Waals surface area contributed by atoms with Gasteiger partial charge in [-0.2, -0.15) is 0 Å². The second-order valence-electron chi connectivity index (χ2n) is 9.16. The Morgan fingerprint density at radius 1 is 0.921 bits per heavy atom. The summed E-state index contributed by atoms with van der Waals surface area (Å²) in [6, 6.07) is 14.9. The molecule has 0 saturated carbocycles. The Labute approximate surface area is 214 Å². The van der Waals surface area contributed by atoms with Gasteiger partial charge in [0.2, 0.25) is 0 Å². The van der Waals surface area contributed by atoms with Gasteiger partial charge in [-0.15, -0.1) is 0 Å². The van der Waals surface area contributed by atoms with Crippen molar-refractivity contribution in [3.8, 4) is 22.3 Å². The van der Waals surface area contributed by atoms with Crippen molar-refractivity contribution in [1.29, 1.82) is 0 Å². The zero-order chi connectivity index (χ0) is 27.0. The van der Waals surface area contributed by atoms with Gasteiger partial charge in [-0.3, -0.25) is 4.79 Å². The minimum absolute atomic E-state index is 0.0175. The number of furan rings is 1. The van der Waals surface area contributed by atoms with E-state index in [4.69, 9.17) is 9.52 Å². The predicted molar refractivity (Wildman–Crippen MR) is 132 cm³/mol. The van der Waals surface area contributed by atoms with E-state index < -0.39 is 23.7 Å². The second kappa shape index (κ2) is 9.85. The van der Waals surface area contributed by atoms with Crippen LogP contribution in [-0.4, -0.2) is 41.0 Å². The van der Waals surface area contributed by atoms with Gasteiger partial charge in [-0.05, 0) is 53.6 Å². The lowest BCUT2D eigenvalue weighted by Crippen LogP contribution is -2.42. The molecule has 2 amide bonds. The summed E-state index contributed by atoms with van der Waals surface area (Å²) in [5.74, 6) is -4.31. The fourth-order valence-electron chi connectivity index (χ4n) is 4.56. The molecule has 10 heteroatoms. The summed E-state index contributed by atoms with van der Waals surface area (Å²) < 4.78 is 61.1. The van der Waals surface area contributed by atoms with Crippen LogP contribution in [0.25, 0.3) is 33.2 Å². The number of likely N-dealkylation sites (tertiary alicyclic amines) is 1. The number of alkyl halides is 2. The first-order valence-corrected chi connectivity index (χ1v) is 11.9. The number of amides is 2. The van der Waals surface area contributed by atoms with Crippen LogP contribution >= 0.6 is 0 Å². The number of carboxylic acid groups (broad SMARTS) is 1. The standard InChI is InChI=1S/C28H22F4N2O4/c29-20-5-6-22(24(30)14-20)23-13-18(11-19-12-21(38-25(19)23)15-33-27(36)37)16-1-3-17(4-2-16)26(35)34-9-7-28(31,32)8-10-34/h1-6,11-14,33H,7-10,15H2,(H,36,37). The molecule has 0 aliphatic carbocycles. The van der Waals surface area contributed by atoms with Crippen LogP contribution in [0.3, 0.4) is 0 Å². The second-order valence-corrected chi connectivity index (χ2v) is 9.16. The van der Waals surface area contributed by atoms with Crippen molar-refractivity contribution in [2.24, 2.45) is 0 Å². The maximum absolute atomic E-state index is 14.8. The van der Waals surface area contributed by atoms with Gasteiger partial charge in [-0.25, -0.2) is 22.4 Å². The molecular weight excluding hydrogens is 504 g/mol. The summed E-state index contributed by atoms with van der Waals surface area (Å²) in [6.07, 6.45) is -1.97. The number of nitrogens with one attached hydrogen (secondary N) is 1. The molecule has 0 atom stereocenters. The molecule has 1 aliphatic rings. The van der Waals surface area contributed by atoms with E-state index >= 15 is 0 Å². The van der Waals surface area contributed by atoms with Crippen LogP contribution in [0.5, 0.6) is 0 Å². The highest BCUT2D eigenvalue weighted by Gasteiger charge is 2.35. The molecule has 1 aliphatic heterocycles. The van der Waals surface area contributed by atoms with Crippen molar-refractivity contribution in [2.45, 2.75) is 25.3 Å². The summed E-state index contributed by atoms with van der Waals surface area (Å²) in [5.41, 5.74) is 2.42. The SMILES string of the molecule is O=C(O)NCc1cc2cc(-c3ccc(C(=O)N4CCC(F)(F)CC4)cc3)cc(-c3ccc(F)cc3F)c2o1. The average molecular weight is 526 g/mol. The van der Waals surface area contributed by atoms with E-state index in [1.165, 1.54) is 11.0 Å². The number of fused-ring (bicyclic) bond motifs is 1. The molecule has 0 spiro atoms. The van der Waals surface area contributed by atoms with Crippen molar-refractivity contribution < 1.29 is 36.7 Å². The Balaban J connectivity index is 1.50. The molecule has 2 heterocycles. The molecule has 38 heavy (non-hydrogen) atoms. The van der Waals surface area contributed by atoms with E-state index in [0.717, 1.165) is 12.1 Å². The molecule has 1 fully saturated rings. The first-order valence-electron chi connectivity index (χ1n) is 11.9. The van der Waals surface area contributed by atoms with E-state index in [1.54, 1.807) is 42.5 Å². The monoisotopic (exact) mass is 526 g/mol. The molecule has 1 saturated heterocycles. The zero-order valence-corrected chi connectivity index (χ0v) is 19.9. The van der Waals surface area contributed by atoms with Crippen LogP contribution in [0.1, 0.15) is 29.0 Å². The van der Waals surface area contributed by atoms with Gasteiger partial charge in [0, 0.05) is 54.1 Å². The van der Waals surface area contributed by atoms with Crippen LogP contribution in [0.15, 0.2) is 65.1 Å². The summed E-state index contributed by atoms with van der Waals surface area (Å²) in [7, 11) is 0. The van der Waals surface area contributed by atoms with Gasteiger partial charge in [0.15, 0.2) is 0 Å². The van der Waals surface area contributed by atoms with Crippen LogP contribution < -0.4 is 5.32 Å². The summed E-state index contributed by atoms with van der Waals surface area (Å²) in [6.45, 7) is -0.142. The smallest absolute Gasteiger partial charge is 0.405 e. The topological polar surface area (TPSA) is 82.8 Å². The van der Waals surface area contributed by atoms with Gasteiger partial charge in [0.25, 0.3) is 11.8 Å². The minimum atomic E-state index is -2.75. The lowest BCUT2D eigenvalue weighted by atomic mass is 9.95. The molecule has 3 aromatic carbocycles. The van der Waals surface area contributed by atoms with E-state index in [0.29, 0.717) is 39.0 Å². The van der Waals surface area contributed by atoms with E-state index in [-0.39, 0.29) is 43.9 Å². The highest BCUT2D eigenvalue weighted by atomic mass is 19.3. The third-order valence-corrected chi connectivity index (χ3v) is 6.55. The number of hydrogen-bond acceptors (Lipinski definition) is 3. The summed E-state index contributed by atoms with van der Waals surface area (Å²) >= 11 is 0. The molecule has 196 valence electrons. The molecular formula is C28H22F4N2O4. The fraction of sp³-hybridized carbons (Fsp3) is 0.214.